The van der Waals surface area contributed by atoms with E-state index in [1.54, 1.807) is 0 Å². The zero-order valence-corrected chi connectivity index (χ0v) is 10.8. The first kappa shape index (κ1) is 11.1. The Hall–Kier alpha value is -0.390. The van der Waals surface area contributed by atoms with Gasteiger partial charge >= 0.3 is 0 Å². The third-order valence-electron chi connectivity index (χ3n) is 2.81. The average molecular weight is 245 g/mol. The van der Waals surface area contributed by atoms with E-state index in [2.05, 4.69) is 0 Å². The minimum Gasteiger partial charge on any atom is -0.308 e. The van der Waals surface area contributed by atoms with Crippen LogP contribution in [0.25, 0.3) is 0 Å². The summed E-state index contributed by atoms with van der Waals surface area (Å²) in [6, 6.07) is 1.93. The van der Waals surface area contributed by atoms with Gasteiger partial charge in [0.2, 0.25) is 0 Å². The van der Waals surface area contributed by atoms with Crippen molar-refractivity contribution in [3.8, 4) is 0 Å². The van der Waals surface area contributed by atoms with Crippen LogP contribution in [0.4, 0.5) is 0 Å². The largest absolute Gasteiger partial charge is 0.308 e. The van der Waals surface area contributed by atoms with Crippen molar-refractivity contribution in [1.82, 2.24) is 4.90 Å². The molecule has 0 bridgehead atoms. The van der Waals surface area contributed by atoms with Crippen LogP contribution < -0.4 is 0 Å². The molecule has 1 unspecified atom stereocenters. The van der Waals surface area contributed by atoms with E-state index in [-0.39, 0.29) is 0 Å². The van der Waals surface area contributed by atoms with Crippen molar-refractivity contribution >= 4 is 21.2 Å². The summed E-state index contributed by atoms with van der Waals surface area (Å²) in [7, 11) is 0.699. The maximum Gasteiger partial charge on any atom is 0.195 e. The van der Waals surface area contributed by atoms with Gasteiger partial charge in [-0.3, -0.25) is 0 Å². The van der Waals surface area contributed by atoms with E-state index in [0.717, 1.165) is 5.56 Å². The molecular weight excluding hydrogens is 230 g/mol. The SMILES string of the molecule is CN(C)CC1(C)Cc2ccsc2S1(=O)=O. The summed E-state index contributed by atoms with van der Waals surface area (Å²) in [6.07, 6.45) is 0.645. The van der Waals surface area contributed by atoms with Gasteiger partial charge < -0.3 is 4.90 Å². The molecule has 0 spiro atoms. The number of nitrogens with zero attached hydrogens (tertiary/aromatic N) is 1. The van der Waals surface area contributed by atoms with E-state index in [0.29, 0.717) is 17.2 Å². The molecule has 0 amide bonds. The Balaban J connectivity index is 2.46. The van der Waals surface area contributed by atoms with Crippen LogP contribution in [0.5, 0.6) is 0 Å². The Labute approximate surface area is 94.6 Å². The Morgan fingerprint density at radius 3 is 2.73 bits per heavy atom. The third-order valence-corrected chi connectivity index (χ3v) is 6.83. The maximum absolute atomic E-state index is 12.3. The highest BCUT2D eigenvalue weighted by Gasteiger charge is 2.48. The fourth-order valence-electron chi connectivity index (χ4n) is 2.22. The first-order valence-electron chi connectivity index (χ1n) is 4.82. The molecule has 1 aromatic rings. The molecule has 3 nitrogen and oxygen atoms in total. The Kier molecular flexibility index (Phi) is 2.44. The molecule has 1 aromatic heterocycles. The maximum atomic E-state index is 12.3. The highest BCUT2D eigenvalue weighted by atomic mass is 32.2. The van der Waals surface area contributed by atoms with Crippen LogP contribution >= 0.6 is 11.3 Å². The van der Waals surface area contributed by atoms with Crippen molar-refractivity contribution in [2.75, 3.05) is 20.6 Å². The van der Waals surface area contributed by atoms with E-state index in [1.807, 2.05) is 37.4 Å². The average Bonchev–Trinajstić information content (AvgIpc) is 2.55. The van der Waals surface area contributed by atoms with Crippen molar-refractivity contribution < 1.29 is 8.42 Å². The van der Waals surface area contributed by atoms with E-state index < -0.39 is 14.6 Å². The van der Waals surface area contributed by atoms with Gasteiger partial charge in [-0.2, -0.15) is 0 Å². The van der Waals surface area contributed by atoms with Crippen LogP contribution in [0.1, 0.15) is 12.5 Å². The lowest BCUT2D eigenvalue weighted by Gasteiger charge is -2.26. The number of hydrogen-bond donors (Lipinski definition) is 0. The van der Waals surface area contributed by atoms with Gasteiger partial charge in [-0.05, 0) is 44.4 Å². The molecule has 5 heteroatoms. The van der Waals surface area contributed by atoms with Crippen LogP contribution in [0.3, 0.4) is 0 Å². The molecular formula is C10H15NO2S2. The van der Waals surface area contributed by atoms with Gasteiger partial charge in [0.05, 0.1) is 4.75 Å². The number of sulfone groups is 1. The van der Waals surface area contributed by atoms with Gasteiger partial charge in [-0.1, -0.05) is 0 Å². The molecule has 1 aliphatic heterocycles. The number of rotatable bonds is 2. The lowest BCUT2D eigenvalue weighted by molar-refractivity contribution is 0.352. The fraction of sp³-hybridized carbons (Fsp3) is 0.600. The van der Waals surface area contributed by atoms with Crippen molar-refractivity contribution in [2.24, 2.45) is 0 Å². The van der Waals surface area contributed by atoms with E-state index in [9.17, 15) is 8.42 Å². The monoisotopic (exact) mass is 245 g/mol. The summed E-state index contributed by atoms with van der Waals surface area (Å²) in [5.41, 5.74) is 0.990. The van der Waals surface area contributed by atoms with Crippen molar-refractivity contribution in [3.05, 3.63) is 17.0 Å². The summed E-state index contributed by atoms with van der Waals surface area (Å²) >= 11 is 1.34. The zero-order chi connectivity index (χ0) is 11.3. The van der Waals surface area contributed by atoms with E-state index in [4.69, 9.17) is 0 Å². The predicted octanol–water partition coefficient (Wildman–Crippen LogP) is 1.40. The molecule has 0 saturated heterocycles. The minimum atomic E-state index is -3.12. The van der Waals surface area contributed by atoms with Crippen LogP contribution in [-0.4, -0.2) is 38.7 Å². The quantitative estimate of drug-likeness (QED) is 0.790. The van der Waals surface area contributed by atoms with Crippen molar-refractivity contribution in [1.29, 1.82) is 0 Å². The molecule has 0 aliphatic carbocycles. The molecule has 0 aromatic carbocycles. The lowest BCUT2D eigenvalue weighted by atomic mass is 10.0. The zero-order valence-electron chi connectivity index (χ0n) is 9.15. The topological polar surface area (TPSA) is 37.4 Å². The molecule has 1 atom stereocenters. The number of fused-ring (bicyclic) bond motifs is 1. The normalized spacial score (nSPS) is 28.3. The van der Waals surface area contributed by atoms with E-state index in [1.165, 1.54) is 11.3 Å². The van der Waals surface area contributed by atoms with Gasteiger partial charge in [0.15, 0.2) is 9.84 Å². The van der Waals surface area contributed by atoms with Crippen LogP contribution in [0.15, 0.2) is 15.7 Å². The summed E-state index contributed by atoms with van der Waals surface area (Å²) in [5, 5.41) is 1.86. The molecule has 84 valence electrons. The molecule has 2 rings (SSSR count). The molecule has 1 aliphatic rings. The standard InChI is InChI=1S/C10H15NO2S2/c1-10(7-11(2)3)6-8-4-5-14-9(8)15(10,12)13/h4-5H,6-7H2,1-3H3. The molecule has 0 N–H and O–H groups in total. The van der Waals surface area contributed by atoms with Gasteiger partial charge in [-0.15, -0.1) is 11.3 Å². The molecule has 0 radical (unpaired) electrons. The smallest absolute Gasteiger partial charge is 0.195 e. The summed E-state index contributed by atoms with van der Waals surface area (Å²) in [5.74, 6) is 0. The Morgan fingerprint density at radius 2 is 2.20 bits per heavy atom. The Bertz CT molecular complexity index is 475. The number of hydrogen-bond acceptors (Lipinski definition) is 4. The number of thiophene rings is 1. The summed E-state index contributed by atoms with van der Waals surface area (Å²) in [6.45, 7) is 2.42. The molecule has 2 heterocycles. The minimum absolute atomic E-state index is 0.576. The second-order valence-electron chi connectivity index (χ2n) is 4.60. The second-order valence-corrected chi connectivity index (χ2v) is 8.18. The summed E-state index contributed by atoms with van der Waals surface area (Å²) < 4.78 is 24.5. The second kappa shape index (κ2) is 3.30. The van der Waals surface area contributed by atoms with Gasteiger partial charge in [0.1, 0.15) is 4.21 Å². The van der Waals surface area contributed by atoms with Crippen LogP contribution in [0, 0.1) is 0 Å². The lowest BCUT2D eigenvalue weighted by Crippen LogP contribution is -2.42. The third kappa shape index (κ3) is 1.53. The van der Waals surface area contributed by atoms with Crippen molar-refractivity contribution in [2.45, 2.75) is 22.3 Å². The van der Waals surface area contributed by atoms with Crippen LogP contribution in [-0.2, 0) is 16.3 Å². The molecule has 0 fully saturated rings. The van der Waals surface area contributed by atoms with Gasteiger partial charge in [-0.25, -0.2) is 8.42 Å². The summed E-state index contributed by atoms with van der Waals surface area (Å²) in [4.78, 5) is 1.94. The van der Waals surface area contributed by atoms with E-state index >= 15 is 0 Å². The Morgan fingerprint density at radius 1 is 1.53 bits per heavy atom. The van der Waals surface area contributed by atoms with Gasteiger partial charge in [0, 0.05) is 6.54 Å². The highest BCUT2D eigenvalue weighted by molar-refractivity contribution is 7.95. The fourth-order valence-corrected chi connectivity index (χ4v) is 5.85. The van der Waals surface area contributed by atoms with Gasteiger partial charge in [0.25, 0.3) is 0 Å². The molecule has 0 saturated carbocycles. The predicted molar refractivity (Wildman–Crippen MR) is 62.2 cm³/mol. The molecule has 15 heavy (non-hydrogen) atoms. The highest BCUT2D eigenvalue weighted by Crippen LogP contribution is 2.42. The van der Waals surface area contributed by atoms with Crippen LogP contribution in [0.2, 0.25) is 0 Å². The first-order valence-corrected chi connectivity index (χ1v) is 7.19. The first-order chi connectivity index (χ1) is 6.87. The van der Waals surface area contributed by atoms with Crippen molar-refractivity contribution in [3.63, 3.8) is 0 Å².